The number of morpholine rings is 1. The molecule has 3 aromatic rings. The topological polar surface area (TPSA) is 49.2 Å². The second-order valence-corrected chi connectivity index (χ2v) is 6.27. The molecule has 2 heterocycles. The Bertz CT molecular complexity index is 922. The molecule has 0 aliphatic carbocycles. The van der Waals surface area contributed by atoms with Gasteiger partial charge in [-0.15, -0.1) is 0 Å². The van der Waals surface area contributed by atoms with Crippen LogP contribution in [-0.4, -0.2) is 36.2 Å². The second kappa shape index (κ2) is 7.02. The van der Waals surface area contributed by atoms with E-state index in [1.54, 1.807) is 0 Å². The van der Waals surface area contributed by atoms with Crippen molar-refractivity contribution in [3.05, 3.63) is 65.7 Å². The summed E-state index contributed by atoms with van der Waals surface area (Å²) in [5.41, 5.74) is 4.52. The first kappa shape index (κ1) is 15.8. The van der Waals surface area contributed by atoms with E-state index in [0.29, 0.717) is 5.56 Å². The van der Waals surface area contributed by atoms with E-state index in [2.05, 4.69) is 35.2 Å². The smallest absolute Gasteiger partial charge is 0.101 e. The molecule has 4 heteroatoms. The first-order chi connectivity index (χ1) is 12.3. The van der Waals surface area contributed by atoms with Gasteiger partial charge >= 0.3 is 0 Å². The number of rotatable bonds is 3. The minimum Gasteiger partial charge on any atom is -0.379 e. The maximum Gasteiger partial charge on any atom is 0.101 e. The third-order valence-corrected chi connectivity index (χ3v) is 4.58. The summed E-state index contributed by atoms with van der Waals surface area (Å²) < 4.78 is 5.39. The molecule has 1 aromatic heterocycles. The number of nitriles is 1. The van der Waals surface area contributed by atoms with Gasteiger partial charge in [0.15, 0.2) is 0 Å². The lowest BCUT2D eigenvalue weighted by molar-refractivity contribution is 0.0342. The van der Waals surface area contributed by atoms with E-state index in [0.717, 1.165) is 55.0 Å². The fourth-order valence-corrected chi connectivity index (χ4v) is 3.21. The van der Waals surface area contributed by atoms with Gasteiger partial charge in [-0.05, 0) is 17.7 Å². The zero-order valence-corrected chi connectivity index (χ0v) is 14.0. The van der Waals surface area contributed by atoms with E-state index >= 15 is 0 Å². The van der Waals surface area contributed by atoms with Gasteiger partial charge in [0.1, 0.15) is 6.07 Å². The molecule has 25 heavy (non-hydrogen) atoms. The Balaban J connectivity index is 1.63. The maximum absolute atomic E-state index is 9.50. The van der Waals surface area contributed by atoms with Gasteiger partial charge in [-0.2, -0.15) is 5.26 Å². The number of nitrogens with zero attached hydrogens (tertiary/aromatic N) is 3. The van der Waals surface area contributed by atoms with E-state index in [-0.39, 0.29) is 0 Å². The van der Waals surface area contributed by atoms with E-state index in [1.807, 2.05) is 30.3 Å². The average molecular weight is 329 g/mol. The number of hydrogen-bond acceptors (Lipinski definition) is 4. The van der Waals surface area contributed by atoms with Crippen molar-refractivity contribution in [2.75, 3.05) is 26.3 Å². The SMILES string of the molecule is N#Cc1cc2ccccc2nc1-c1ccc(CN2CCOCC2)cc1. The molecule has 0 atom stereocenters. The summed E-state index contributed by atoms with van der Waals surface area (Å²) in [6, 6.07) is 20.5. The summed E-state index contributed by atoms with van der Waals surface area (Å²) in [5.74, 6) is 0. The molecule has 0 unspecified atom stereocenters. The van der Waals surface area contributed by atoms with Crippen molar-refractivity contribution in [2.24, 2.45) is 0 Å². The lowest BCUT2D eigenvalue weighted by Gasteiger charge is -2.26. The summed E-state index contributed by atoms with van der Waals surface area (Å²) in [7, 11) is 0. The molecule has 0 radical (unpaired) electrons. The molecule has 1 saturated heterocycles. The Morgan fingerprint density at radius 1 is 1.04 bits per heavy atom. The number of benzene rings is 2. The van der Waals surface area contributed by atoms with E-state index in [4.69, 9.17) is 9.72 Å². The zero-order valence-electron chi connectivity index (χ0n) is 14.0. The van der Waals surface area contributed by atoms with Gasteiger partial charge in [0.25, 0.3) is 0 Å². The summed E-state index contributed by atoms with van der Waals surface area (Å²) in [5, 5.41) is 10.5. The molecule has 1 aliphatic heterocycles. The molecule has 1 aliphatic rings. The summed E-state index contributed by atoms with van der Waals surface area (Å²) in [6.45, 7) is 4.51. The minimum atomic E-state index is 0.611. The molecule has 2 aromatic carbocycles. The molecule has 124 valence electrons. The van der Waals surface area contributed by atoms with Crippen molar-refractivity contribution in [2.45, 2.75) is 6.54 Å². The Morgan fingerprint density at radius 3 is 2.56 bits per heavy atom. The van der Waals surface area contributed by atoms with Crippen molar-refractivity contribution in [1.82, 2.24) is 9.88 Å². The molecule has 0 saturated carbocycles. The van der Waals surface area contributed by atoms with Crippen LogP contribution in [0.4, 0.5) is 0 Å². The number of para-hydroxylation sites is 1. The van der Waals surface area contributed by atoms with Crippen molar-refractivity contribution in [3.8, 4) is 17.3 Å². The Labute approximate surface area is 147 Å². The monoisotopic (exact) mass is 329 g/mol. The predicted octanol–water partition coefficient (Wildman–Crippen LogP) is 3.61. The summed E-state index contributed by atoms with van der Waals surface area (Å²) in [4.78, 5) is 7.11. The van der Waals surface area contributed by atoms with Crippen LogP contribution in [0.25, 0.3) is 22.2 Å². The maximum atomic E-state index is 9.50. The van der Waals surface area contributed by atoms with Crippen molar-refractivity contribution in [3.63, 3.8) is 0 Å². The molecule has 0 N–H and O–H groups in total. The molecule has 4 rings (SSSR count). The molecule has 1 fully saturated rings. The molecule has 0 spiro atoms. The normalized spacial score (nSPS) is 15.2. The third kappa shape index (κ3) is 3.39. The lowest BCUT2D eigenvalue weighted by atomic mass is 10.0. The van der Waals surface area contributed by atoms with Crippen LogP contribution in [-0.2, 0) is 11.3 Å². The van der Waals surface area contributed by atoms with Crippen LogP contribution in [0.3, 0.4) is 0 Å². The van der Waals surface area contributed by atoms with Gasteiger partial charge in [0, 0.05) is 30.6 Å². The van der Waals surface area contributed by atoms with Crippen molar-refractivity contribution < 1.29 is 4.74 Å². The van der Waals surface area contributed by atoms with Gasteiger partial charge in [0.2, 0.25) is 0 Å². The van der Waals surface area contributed by atoms with E-state index in [9.17, 15) is 5.26 Å². The van der Waals surface area contributed by atoms with Gasteiger partial charge in [0.05, 0.1) is 30.0 Å². The quantitative estimate of drug-likeness (QED) is 0.736. The van der Waals surface area contributed by atoms with Gasteiger partial charge in [-0.1, -0.05) is 42.5 Å². The van der Waals surface area contributed by atoms with E-state index < -0.39 is 0 Å². The standard InChI is InChI=1S/C21H19N3O/c22-14-19-13-18-3-1-2-4-20(18)23-21(19)17-7-5-16(6-8-17)15-24-9-11-25-12-10-24/h1-8,13H,9-12,15H2. The fourth-order valence-electron chi connectivity index (χ4n) is 3.21. The zero-order chi connectivity index (χ0) is 17.1. The number of fused-ring (bicyclic) bond motifs is 1. The lowest BCUT2D eigenvalue weighted by Crippen LogP contribution is -2.35. The van der Waals surface area contributed by atoms with Crippen molar-refractivity contribution >= 4 is 10.9 Å². The molecule has 0 bridgehead atoms. The van der Waals surface area contributed by atoms with Crippen LogP contribution in [0.5, 0.6) is 0 Å². The highest BCUT2D eigenvalue weighted by atomic mass is 16.5. The Hall–Kier alpha value is -2.74. The van der Waals surface area contributed by atoms with Gasteiger partial charge < -0.3 is 4.74 Å². The summed E-state index contributed by atoms with van der Waals surface area (Å²) in [6.07, 6.45) is 0. The van der Waals surface area contributed by atoms with Crippen LogP contribution < -0.4 is 0 Å². The molecular weight excluding hydrogens is 310 g/mol. The Kier molecular flexibility index (Phi) is 4.43. The summed E-state index contributed by atoms with van der Waals surface area (Å²) >= 11 is 0. The first-order valence-electron chi connectivity index (χ1n) is 8.53. The van der Waals surface area contributed by atoms with Gasteiger partial charge in [-0.25, -0.2) is 4.98 Å². The largest absolute Gasteiger partial charge is 0.379 e. The van der Waals surface area contributed by atoms with Crippen LogP contribution in [0.2, 0.25) is 0 Å². The highest BCUT2D eigenvalue weighted by Gasteiger charge is 2.12. The second-order valence-electron chi connectivity index (χ2n) is 6.27. The number of aromatic nitrogens is 1. The average Bonchev–Trinajstić information content (AvgIpc) is 2.68. The van der Waals surface area contributed by atoms with Crippen LogP contribution in [0.15, 0.2) is 54.6 Å². The molecule has 4 nitrogen and oxygen atoms in total. The molecular formula is C21H19N3O. The van der Waals surface area contributed by atoms with Crippen LogP contribution in [0, 0.1) is 11.3 Å². The van der Waals surface area contributed by atoms with E-state index in [1.165, 1.54) is 5.56 Å². The van der Waals surface area contributed by atoms with Gasteiger partial charge in [-0.3, -0.25) is 4.90 Å². The minimum absolute atomic E-state index is 0.611. The highest BCUT2D eigenvalue weighted by molar-refractivity contribution is 5.84. The third-order valence-electron chi connectivity index (χ3n) is 4.58. The number of ether oxygens (including phenoxy) is 1. The number of hydrogen-bond donors (Lipinski definition) is 0. The van der Waals surface area contributed by atoms with Crippen molar-refractivity contribution in [1.29, 1.82) is 5.26 Å². The highest BCUT2D eigenvalue weighted by Crippen LogP contribution is 2.25. The van der Waals surface area contributed by atoms with Crippen LogP contribution in [0.1, 0.15) is 11.1 Å². The van der Waals surface area contributed by atoms with Crippen LogP contribution >= 0.6 is 0 Å². The first-order valence-corrected chi connectivity index (χ1v) is 8.53. The Morgan fingerprint density at radius 2 is 1.80 bits per heavy atom. The fraction of sp³-hybridized carbons (Fsp3) is 0.238. The number of pyridine rings is 1. The predicted molar refractivity (Wildman–Crippen MR) is 98.0 cm³/mol. The molecule has 0 amide bonds.